The summed E-state index contributed by atoms with van der Waals surface area (Å²) in [6, 6.07) is 10.1. The molecular weight excluding hydrogens is 403 g/mol. The fraction of sp³-hybridized carbons (Fsp3) is 0.400. The zero-order chi connectivity index (χ0) is 16.8. The standard InChI is InChI=1S/C20H21ClN4.2ClH/c21-15-6-7-20-23-11-19(25(20)12-15)18-3-1-2-16(24-18)8-13-4-5-14-9-22-10-17(13)14;;/h1-3,6-7,11-14,17,22H,4-5,8-10H2;2*1H/t13-,14-,17-;;/m0../s1. The molecule has 3 atom stereocenters. The average molecular weight is 426 g/mol. The molecule has 0 unspecified atom stereocenters. The van der Waals surface area contributed by atoms with Crippen molar-refractivity contribution in [1.29, 1.82) is 0 Å². The largest absolute Gasteiger partial charge is 0.316 e. The van der Waals surface area contributed by atoms with Gasteiger partial charge in [0.1, 0.15) is 5.65 Å². The fourth-order valence-electron chi connectivity index (χ4n) is 4.67. The maximum absolute atomic E-state index is 6.16. The van der Waals surface area contributed by atoms with Gasteiger partial charge in [0.15, 0.2) is 0 Å². The van der Waals surface area contributed by atoms with Gasteiger partial charge in [0.2, 0.25) is 0 Å². The summed E-state index contributed by atoms with van der Waals surface area (Å²) in [4.78, 5) is 9.42. The lowest BCUT2D eigenvalue weighted by Gasteiger charge is -2.17. The summed E-state index contributed by atoms with van der Waals surface area (Å²) in [5.41, 5.74) is 4.03. The smallest absolute Gasteiger partial charge is 0.137 e. The van der Waals surface area contributed by atoms with E-state index in [9.17, 15) is 0 Å². The van der Waals surface area contributed by atoms with Crippen molar-refractivity contribution in [3.05, 3.63) is 53.4 Å². The van der Waals surface area contributed by atoms with E-state index in [2.05, 4.69) is 28.5 Å². The maximum atomic E-state index is 6.16. The first-order valence-corrected chi connectivity index (χ1v) is 9.45. The van der Waals surface area contributed by atoms with Crippen molar-refractivity contribution in [2.45, 2.75) is 19.3 Å². The SMILES string of the molecule is Cl.Cl.Clc1ccc2ncc(-c3cccc(C[C@@H]4CC[C@H]5CNC[C@H]54)n3)n2c1. The maximum Gasteiger partial charge on any atom is 0.137 e. The van der Waals surface area contributed by atoms with Crippen LogP contribution in [-0.2, 0) is 6.42 Å². The van der Waals surface area contributed by atoms with Crippen LogP contribution in [0.15, 0.2) is 42.7 Å². The zero-order valence-corrected chi connectivity index (χ0v) is 17.2. The lowest BCUT2D eigenvalue weighted by Crippen LogP contribution is -2.18. The van der Waals surface area contributed by atoms with Crippen LogP contribution in [0.1, 0.15) is 18.5 Å². The molecule has 144 valence electrons. The van der Waals surface area contributed by atoms with Crippen LogP contribution in [-0.4, -0.2) is 27.5 Å². The second-order valence-electron chi connectivity index (χ2n) is 7.36. The molecule has 4 nitrogen and oxygen atoms in total. The number of nitrogens with zero attached hydrogens (tertiary/aromatic N) is 3. The first-order valence-electron chi connectivity index (χ1n) is 9.07. The van der Waals surface area contributed by atoms with Crippen molar-refractivity contribution in [1.82, 2.24) is 19.7 Å². The van der Waals surface area contributed by atoms with Crippen molar-refractivity contribution in [2.75, 3.05) is 13.1 Å². The van der Waals surface area contributed by atoms with Crippen molar-refractivity contribution in [2.24, 2.45) is 17.8 Å². The Balaban J connectivity index is 0.00000105. The van der Waals surface area contributed by atoms with Crippen LogP contribution >= 0.6 is 36.4 Å². The van der Waals surface area contributed by atoms with E-state index >= 15 is 0 Å². The van der Waals surface area contributed by atoms with Gasteiger partial charge in [-0.1, -0.05) is 17.7 Å². The van der Waals surface area contributed by atoms with Crippen LogP contribution < -0.4 is 5.32 Å². The van der Waals surface area contributed by atoms with Gasteiger partial charge in [-0.2, -0.15) is 0 Å². The predicted molar refractivity (Wildman–Crippen MR) is 114 cm³/mol. The molecule has 1 N–H and O–H groups in total. The van der Waals surface area contributed by atoms with Gasteiger partial charge in [-0.3, -0.25) is 9.38 Å². The highest BCUT2D eigenvalue weighted by atomic mass is 35.5. The van der Waals surface area contributed by atoms with Gasteiger partial charge in [-0.15, -0.1) is 24.8 Å². The van der Waals surface area contributed by atoms with E-state index in [0.29, 0.717) is 5.02 Å². The molecule has 0 aromatic carbocycles. The molecule has 3 aromatic heterocycles. The van der Waals surface area contributed by atoms with Gasteiger partial charge in [0.25, 0.3) is 0 Å². The number of fused-ring (bicyclic) bond motifs is 2. The van der Waals surface area contributed by atoms with Gasteiger partial charge in [0, 0.05) is 11.9 Å². The fourth-order valence-corrected chi connectivity index (χ4v) is 4.83. The Morgan fingerprint density at radius 3 is 2.89 bits per heavy atom. The van der Waals surface area contributed by atoms with Gasteiger partial charge in [0.05, 0.1) is 22.6 Å². The highest BCUT2D eigenvalue weighted by Crippen LogP contribution is 2.40. The molecule has 2 aliphatic rings. The van der Waals surface area contributed by atoms with E-state index in [4.69, 9.17) is 16.6 Å². The van der Waals surface area contributed by atoms with E-state index in [1.807, 2.05) is 28.9 Å². The van der Waals surface area contributed by atoms with Crippen molar-refractivity contribution < 1.29 is 0 Å². The Bertz CT molecular complexity index is 926. The van der Waals surface area contributed by atoms with Gasteiger partial charge < -0.3 is 5.32 Å². The number of halogens is 3. The third-order valence-corrected chi connectivity index (χ3v) is 6.14. The lowest BCUT2D eigenvalue weighted by atomic mass is 9.89. The quantitative estimate of drug-likeness (QED) is 0.662. The molecule has 1 aliphatic carbocycles. The first kappa shape index (κ1) is 20.4. The van der Waals surface area contributed by atoms with E-state index < -0.39 is 0 Å². The summed E-state index contributed by atoms with van der Waals surface area (Å²) in [5.74, 6) is 2.48. The summed E-state index contributed by atoms with van der Waals surface area (Å²) in [5, 5.41) is 4.26. The molecule has 5 rings (SSSR count). The number of hydrogen-bond donors (Lipinski definition) is 1. The highest BCUT2D eigenvalue weighted by Gasteiger charge is 2.38. The molecule has 1 saturated carbocycles. The zero-order valence-electron chi connectivity index (χ0n) is 14.8. The molecule has 2 fully saturated rings. The number of hydrogen-bond acceptors (Lipinski definition) is 3. The summed E-state index contributed by atoms with van der Waals surface area (Å²) >= 11 is 6.16. The third-order valence-electron chi connectivity index (χ3n) is 5.92. The molecule has 3 aromatic rings. The van der Waals surface area contributed by atoms with Gasteiger partial charge in [-0.05, 0) is 74.4 Å². The van der Waals surface area contributed by atoms with Crippen molar-refractivity contribution in [3.8, 4) is 11.4 Å². The van der Waals surface area contributed by atoms with Crippen LogP contribution in [0.2, 0.25) is 5.02 Å². The molecule has 27 heavy (non-hydrogen) atoms. The normalized spacial score (nSPS) is 23.7. The Kier molecular flexibility index (Phi) is 6.32. The minimum Gasteiger partial charge on any atom is -0.316 e. The summed E-state index contributed by atoms with van der Waals surface area (Å²) in [6.45, 7) is 2.39. The van der Waals surface area contributed by atoms with Crippen LogP contribution in [0.25, 0.3) is 17.0 Å². The number of imidazole rings is 1. The molecule has 0 amide bonds. The molecule has 4 heterocycles. The van der Waals surface area contributed by atoms with Gasteiger partial charge in [-0.25, -0.2) is 4.98 Å². The third kappa shape index (κ3) is 3.81. The van der Waals surface area contributed by atoms with Gasteiger partial charge >= 0.3 is 0 Å². The Labute approximate surface area is 176 Å². The van der Waals surface area contributed by atoms with E-state index in [1.54, 1.807) is 0 Å². The number of nitrogens with one attached hydrogen (secondary N) is 1. The second kappa shape index (κ2) is 8.36. The molecule has 7 heteroatoms. The van der Waals surface area contributed by atoms with Crippen LogP contribution in [0.4, 0.5) is 0 Å². The lowest BCUT2D eigenvalue weighted by molar-refractivity contribution is 0.372. The van der Waals surface area contributed by atoms with Crippen molar-refractivity contribution >= 4 is 42.1 Å². The molecule has 0 bridgehead atoms. The molecule has 0 radical (unpaired) electrons. The molecule has 1 saturated heterocycles. The van der Waals surface area contributed by atoms with E-state index in [-0.39, 0.29) is 24.8 Å². The molecule has 0 spiro atoms. The number of pyridine rings is 2. The number of aromatic nitrogens is 3. The summed E-state index contributed by atoms with van der Waals surface area (Å²) in [7, 11) is 0. The summed E-state index contributed by atoms with van der Waals surface area (Å²) < 4.78 is 2.01. The highest BCUT2D eigenvalue weighted by molar-refractivity contribution is 6.30. The topological polar surface area (TPSA) is 42.2 Å². The number of rotatable bonds is 3. The second-order valence-corrected chi connectivity index (χ2v) is 7.79. The molecular formula is C20H23Cl3N4. The van der Waals surface area contributed by atoms with E-state index in [0.717, 1.165) is 41.2 Å². The average Bonchev–Trinajstić information content (AvgIpc) is 3.32. The Hall–Kier alpha value is -1.33. The van der Waals surface area contributed by atoms with E-state index in [1.165, 1.54) is 31.6 Å². The first-order chi connectivity index (χ1) is 12.3. The monoisotopic (exact) mass is 424 g/mol. The minimum absolute atomic E-state index is 0. The predicted octanol–water partition coefficient (Wildman–Crippen LogP) is 4.68. The molecule has 1 aliphatic heterocycles. The van der Waals surface area contributed by atoms with Crippen LogP contribution in [0, 0.1) is 17.8 Å². The Morgan fingerprint density at radius 1 is 1.11 bits per heavy atom. The Morgan fingerprint density at radius 2 is 2.00 bits per heavy atom. The minimum atomic E-state index is 0. The van der Waals surface area contributed by atoms with Crippen LogP contribution in [0.3, 0.4) is 0 Å². The summed E-state index contributed by atoms with van der Waals surface area (Å²) in [6.07, 6.45) is 7.57. The van der Waals surface area contributed by atoms with Crippen LogP contribution in [0.5, 0.6) is 0 Å². The van der Waals surface area contributed by atoms with Crippen molar-refractivity contribution in [3.63, 3.8) is 0 Å².